The molecule has 0 saturated carbocycles. The average molecular weight is 1000 g/mol. The Hall–Kier alpha value is 0.362. The maximum atomic E-state index is 8.74. The molecule has 0 aromatic heterocycles. The van der Waals surface area contributed by atoms with Crippen molar-refractivity contribution in [1.82, 2.24) is 0 Å². The Labute approximate surface area is 439 Å². The predicted octanol–water partition coefficient (Wildman–Crippen LogP) is 22.2. The molecule has 67 heavy (non-hydrogen) atoms. The van der Waals surface area contributed by atoms with E-state index in [1.807, 2.05) is 0 Å². The second kappa shape index (κ2) is 95.9. The first-order valence-electron chi connectivity index (χ1n) is 30.2. The van der Waals surface area contributed by atoms with Crippen LogP contribution in [0.1, 0.15) is 391 Å². The van der Waals surface area contributed by atoms with Crippen molar-refractivity contribution >= 4 is 27.8 Å². The van der Waals surface area contributed by atoms with Gasteiger partial charge in [-0.25, -0.2) is 0 Å². The summed E-state index contributed by atoms with van der Waals surface area (Å²) in [6.07, 6.45) is 68.8. The van der Waals surface area contributed by atoms with Gasteiger partial charge < -0.3 is 5.48 Å². The van der Waals surface area contributed by atoms with Gasteiger partial charge in [-0.15, -0.1) is 0 Å². The van der Waals surface area contributed by atoms with Gasteiger partial charge in [0, 0.05) is 0 Å². The van der Waals surface area contributed by atoms with Gasteiger partial charge in [-0.2, -0.15) is 8.42 Å². The van der Waals surface area contributed by atoms with Crippen LogP contribution in [0.4, 0.5) is 0 Å². The highest BCUT2D eigenvalue weighted by atomic mass is 32.3. The van der Waals surface area contributed by atoms with E-state index in [2.05, 4.69) is 83.1 Å². The lowest BCUT2D eigenvalue weighted by atomic mass is 10.1. The summed E-state index contributed by atoms with van der Waals surface area (Å²) in [5.41, 5.74) is 0. The second-order valence-electron chi connectivity index (χ2n) is 19.2. The quantitative estimate of drug-likeness (QED) is 0.0361. The van der Waals surface area contributed by atoms with Gasteiger partial charge in [0.1, 0.15) is 0 Å². The van der Waals surface area contributed by atoms with Crippen LogP contribution in [-0.4, -0.2) is 40.4 Å². The molecule has 0 aliphatic rings. The Morgan fingerprint density at radius 1 is 0.194 bits per heavy atom. The fourth-order valence-electron chi connectivity index (χ4n) is 7.24. The van der Waals surface area contributed by atoms with Crippen LogP contribution >= 0.6 is 0 Å². The maximum absolute atomic E-state index is 8.74. The Morgan fingerprint density at radius 2 is 0.239 bits per heavy atom. The predicted molar refractivity (Wildman–Crippen MR) is 317 cm³/mol. The van der Waals surface area contributed by atoms with Crippen LogP contribution in [0.3, 0.4) is 0 Å². The summed E-state index contributed by atoms with van der Waals surface area (Å²) in [7, 11) is -4.67. The van der Waals surface area contributed by atoms with Crippen LogP contribution in [0.25, 0.3) is 0 Å². The second-order valence-corrected chi connectivity index (χ2v) is 20.1. The third-order valence-electron chi connectivity index (χ3n) is 11.7. The van der Waals surface area contributed by atoms with Crippen molar-refractivity contribution in [3.8, 4) is 0 Å². The minimum atomic E-state index is -4.67. The van der Waals surface area contributed by atoms with E-state index in [0.717, 1.165) is 0 Å². The Bertz CT molecular complexity index is 587. The molecular weight excluding hydrogens is 860 g/mol. The molecule has 4 N–H and O–H groups in total. The van der Waals surface area contributed by atoms with Gasteiger partial charge in [0.05, 0.1) is 0 Å². The molecule has 0 heterocycles. The van der Waals surface area contributed by atoms with Crippen LogP contribution < -0.4 is 0 Å². The van der Waals surface area contributed by atoms with Crippen molar-refractivity contribution in [3.05, 3.63) is 0 Å². The monoisotopic (exact) mass is 999 g/mol. The minimum Gasteiger partial charge on any atom is -0.412 e. The van der Waals surface area contributed by atoms with E-state index in [1.54, 1.807) is 0 Å². The molecule has 0 rings (SSSR count). The molecule has 418 valence electrons. The van der Waals surface area contributed by atoms with E-state index in [9.17, 15) is 0 Å². The molecule has 7 heteroatoms. The molecule has 0 atom stereocenters. The number of hydrogen-bond donors (Lipinski definition) is 2. The van der Waals surface area contributed by atoms with Gasteiger partial charge in [0.25, 0.3) is 0 Å². The molecular formula is C60H139AlO5S. The first-order chi connectivity index (χ1) is 31.5. The SMILES string of the molecule is CCCCCCCCCC.CCCCCCCCCC.CCCCCCCCCC.CCCCCCCCCC.CCCCCCCCCC.CCCCCCCCCC.O.O=S(=O)(O)O.[AlH3]. The molecule has 0 aromatic carbocycles. The van der Waals surface area contributed by atoms with Crippen molar-refractivity contribution in [2.24, 2.45) is 0 Å². The van der Waals surface area contributed by atoms with Crippen molar-refractivity contribution in [2.45, 2.75) is 391 Å². The standard InChI is InChI=1S/6C10H22.Al.H2O4S.H2O.3H/c6*1-3-5-7-9-10-8-6-4-2;;1-5(2,3)4;;;;/h6*3-10H2,1-2H3;;(H2,1,2,3,4);1H2;;;. The Kier molecular flexibility index (Phi) is 125. The summed E-state index contributed by atoms with van der Waals surface area (Å²) in [6, 6.07) is 0. The van der Waals surface area contributed by atoms with E-state index in [-0.39, 0.29) is 22.8 Å². The third kappa shape index (κ3) is 153. The van der Waals surface area contributed by atoms with Gasteiger partial charge in [0.15, 0.2) is 17.4 Å². The summed E-state index contributed by atoms with van der Waals surface area (Å²) >= 11 is 0. The summed E-state index contributed by atoms with van der Waals surface area (Å²) in [4.78, 5) is 0. The number of unbranched alkanes of at least 4 members (excludes halogenated alkanes) is 42. The van der Waals surface area contributed by atoms with E-state index in [4.69, 9.17) is 17.5 Å². The first kappa shape index (κ1) is 87.1. The highest BCUT2D eigenvalue weighted by Crippen LogP contribution is 2.11. The summed E-state index contributed by atoms with van der Waals surface area (Å²) in [6.45, 7) is 27.2. The first-order valence-corrected chi connectivity index (χ1v) is 31.6. The van der Waals surface area contributed by atoms with E-state index >= 15 is 0 Å². The smallest absolute Gasteiger partial charge is 0.394 e. The van der Waals surface area contributed by atoms with Crippen LogP contribution in [0.15, 0.2) is 0 Å². The van der Waals surface area contributed by atoms with Gasteiger partial charge in [-0.05, 0) is 0 Å². The molecule has 0 bridgehead atoms. The molecule has 0 spiro atoms. The number of hydrogen-bond acceptors (Lipinski definition) is 2. The van der Waals surface area contributed by atoms with Gasteiger partial charge in [-0.3, -0.25) is 9.11 Å². The fourth-order valence-corrected chi connectivity index (χ4v) is 7.24. The molecule has 0 fully saturated rings. The summed E-state index contributed by atoms with van der Waals surface area (Å²) in [5.74, 6) is 0. The third-order valence-corrected chi connectivity index (χ3v) is 11.7. The Morgan fingerprint density at radius 3 is 0.284 bits per heavy atom. The zero-order valence-electron chi connectivity index (χ0n) is 48.6. The Balaban J connectivity index is -0.0000000838. The highest BCUT2D eigenvalue weighted by Gasteiger charge is 1.92. The lowest BCUT2D eigenvalue weighted by Crippen LogP contribution is -1.89. The molecule has 0 aliphatic carbocycles. The molecule has 5 nitrogen and oxygen atoms in total. The van der Waals surface area contributed by atoms with Crippen molar-refractivity contribution in [3.63, 3.8) is 0 Å². The molecule has 0 saturated heterocycles. The minimum absolute atomic E-state index is 0. The molecule has 0 aliphatic heterocycles. The lowest BCUT2D eigenvalue weighted by molar-refractivity contribution is 0.381. The molecule has 0 radical (unpaired) electrons. The lowest BCUT2D eigenvalue weighted by Gasteiger charge is -1.97. The van der Waals surface area contributed by atoms with Crippen LogP contribution in [0.2, 0.25) is 0 Å². The fraction of sp³-hybridized carbons (Fsp3) is 1.00. The maximum Gasteiger partial charge on any atom is 0.394 e. The zero-order chi connectivity index (χ0) is 50.4. The van der Waals surface area contributed by atoms with Crippen molar-refractivity contribution in [1.29, 1.82) is 0 Å². The molecule has 0 unspecified atom stereocenters. The van der Waals surface area contributed by atoms with E-state index in [1.165, 1.54) is 308 Å². The van der Waals surface area contributed by atoms with Gasteiger partial charge in [0.2, 0.25) is 0 Å². The summed E-state index contributed by atoms with van der Waals surface area (Å²) in [5, 5.41) is 0. The van der Waals surface area contributed by atoms with Gasteiger partial charge in [-0.1, -0.05) is 391 Å². The average Bonchev–Trinajstić information content (AvgIpc) is 3.29. The van der Waals surface area contributed by atoms with Crippen molar-refractivity contribution in [2.75, 3.05) is 0 Å². The molecule has 0 aromatic rings. The summed E-state index contributed by atoms with van der Waals surface area (Å²) < 4.78 is 31.6. The molecule has 0 amide bonds. The van der Waals surface area contributed by atoms with Gasteiger partial charge >= 0.3 is 10.4 Å². The van der Waals surface area contributed by atoms with Crippen LogP contribution in [0.5, 0.6) is 0 Å². The normalized spacial score (nSPS) is 10.0. The largest absolute Gasteiger partial charge is 0.412 e. The number of rotatable bonds is 42. The van der Waals surface area contributed by atoms with Crippen LogP contribution in [-0.2, 0) is 10.4 Å². The highest BCUT2D eigenvalue weighted by molar-refractivity contribution is 7.79. The van der Waals surface area contributed by atoms with Crippen molar-refractivity contribution < 1.29 is 23.0 Å². The topological polar surface area (TPSA) is 106 Å². The van der Waals surface area contributed by atoms with E-state index < -0.39 is 10.4 Å². The van der Waals surface area contributed by atoms with Crippen LogP contribution in [0, 0.1) is 0 Å². The van der Waals surface area contributed by atoms with E-state index in [0.29, 0.717) is 0 Å². The zero-order valence-corrected chi connectivity index (χ0v) is 49.4.